The maximum atomic E-state index is 8.97. The van der Waals surface area contributed by atoms with Crippen LogP contribution in [0.1, 0.15) is 19.3 Å². The van der Waals surface area contributed by atoms with Gasteiger partial charge in [-0.15, -0.1) is 0 Å². The van der Waals surface area contributed by atoms with Crippen molar-refractivity contribution in [2.45, 2.75) is 25.3 Å². The van der Waals surface area contributed by atoms with Gasteiger partial charge in [0.15, 0.2) is 0 Å². The van der Waals surface area contributed by atoms with Crippen LogP contribution in [-0.4, -0.2) is 47.5 Å². The molecule has 1 saturated carbocycles. The van der Waals surface area contributed by atoms with Crippen LogP contribution < -0.4 is 0 Å². The van der Waals surface area contributed by atoms with Crippen molar-refractivity contribution >= 4 is 0 Å². The number of hydrogen-bond donors (Lipinski definition) is 2. The Kier molecular flexibility index (Phi) is 2.86. The molecule has 13 heavy (non-hydrogen) atoms. The molecule has 1 aliphatic carbocycles. The van der Waals surface area contributed by atoms with Gasteiger partial charge in [-0.1, -0.05) is 0 Å². The monoisotopic (exact) mass is 185 g/mol. The minimum atomic E-state index is 0.349. The van der Waals surface area contributed by atoms with E-state index in [4.69, 9.17) is 10.2 Å². The summed E-state index contributed by atoms with van der Waals surface area (Å²) < 4.78 is 0. The number of aliphatic hydroxyl groups excluding tert-OH is 2. The number of aliphatic hydroxyl groups is 2. The van der Waals surface area contributed by atoms with E-state index in [0.717, 1.165) is 25.9 Å². The van der Waals surface area contributed by atoms with Crippen LogP contribution >= 0.6 is 0 Å². The Morgan fingerprint density at radius 3 is 2.23 bits per heavy atom. The number of hydrogen-bond acceptors (Lipinski definition) is 3. The van der Waals surface area contributed by atoms with Crippen LogP contribution in [0.3, 0.4) is 0 Å². The predicted molar refractivity (Wildman–Crippen MR) is 50.4 cm³/mol. The fourth-order valence-electron chi connectivity index (χ4n) is 2.34. The van der Waals surface area contributed by atoms with E-state index >= 15 is 0 Å². The molecule has 2 aliphatic rings. The molecule has 0 radical (unpaired) electrons. The van der Waals surface area contributed by atoms with Gasteiger partial charge in [0.2, 0.25) is 0 Å². The lowest BCUT2D eigenvalue weighted by atomic mass is 9.98. The van der Waals surface area contributed by atoms with Crippen molar-refractivity contribution in [3.8, 4) is 0 Å². The first-order valence-corrected chi connectivity index (χ1v) is 5.31. The number of nitrogens with zero attached hydrogens (tertiary/aromatic N) is 1. The average molecular weight is 185 g/mol. The molecular weight excluding hydrogens is 166 g/mol. The number of likely N-dealkylation sites (tertiary alicyclic amines) is 1. The highest BCUT2D eigenvalue weighted by Crippen LogP contribution is 2.37. The lowest BCUT2D eigenvalue weighted by molar-refractivity contribution is 0.119. The summed E-state index contributed by atoms with van der Waals surface area (Å²) in [6.45, 7) is 2.94. The third kappa shape index (κ3) is 2.03. The van der Waals surface area contributed by atoms with Gasteiger partial charge in [-0.3, -0.25) is 4.90 Å². The molecule has 2 fully saturated rings. The molecule has 1 heterocycles. The van der Waals surface area contributed by atoms with Crippen molar-refractivity contribution in [3.05, 3.63) is 0 Å². The van der Waals surface area contributed by atoms with Gasteiger partial charge in [-0.2, -0.15) is 0 Å². The highest BCUT2D eigenvalue weighted by molar-refractivity contribution is 4.95. The van der Waals surface area contributed by atoms with Gasteiger partial charge in [0.1, 0.15) is 0 Å². The van der Waals surface area contributed by atoms with Gasteiger partial charge in [-0.25, -0.2) is 0 Å². The van der Waals surface area contributed by atoms with Gasteiger partial charge in [-0.05, 0) is 44.2 Å². The van der Waals surface area contributed by atoms with Gasteiger partial charge < -0.3 is 10.2 Å². The third-order valence-electron chi connectivity index (χ3n) is 3.50. The summed E-state index contributed by atoms with van der Waals surface area (Å²) in [7, 11) is 0. The standard InChI is InChI=1S/C10H19NO2/c12-6-8-1-3-11(4-2-8)10-5-9(10)7-13/h8-10,12-13H,1-7H2. The summed E-state index contributed by atoms with van der Waals surface area (Å²) in [5.41, 5.74) is 0. The molecule has 0 aromatic heterocycles. The van der Waals surface area contributed by atoms with Crippen molar-refractivity contribution in [2.24, 2.45) is 11.8 Å². The van der Waals surface area contributed by atoms with Crippen LogP contribution in [0.2, 0.25) is 0 Å². The lowest BCUT2D eigenvalue weighted by Crippen LogP contribution is -2.37. The summed E-state index contributed by atoms with van der Waals surface area (Å²) in [6.07, 6.45) is 3.44. The number of piperidine rings is 1. The first-order chi connectivity index (χ1) is 6.35. The van der Waals surface area contributed by atoms with Crippen molar-refractivity contribution in [1.82, 2.24) is 4.90 Å². The van der Waals surface area contributed by atoms with E-state index in [-0.39, 0.29) is 0 Å². The van der Waals surface area contributed by atoms with Gasteiger partial charge in [0, 0.05) is 19.3 Å². The largest absolute Gasteiger partial charge is 0.396 e. The minimum Gasteiger partial charge on any atom is -0.396 e. The molecule has 0 aromatic rings. The van der Waals surface area contributed by atoms with E-state index in [0.29, 0.717) is 31.1 Å². The second-order valence-electron chi connectivity index (χ2n) is 4.41. The molecular formula is C10H19NO2. The summed E-state index contributed by atoms with van der Waals surface area (Å²) in [4.78, 5) is 2.48. The van der Waals surface area contributed by atoms with Crippen LogP contribution in [0.25, 0.3) is 0 Å². The second-order valence-corrected chi connectivity index (χ2v) is 4.41. The average Bonchev–Trinajstić information content (AvgIpc) is 2.97. The van der Waals surface area contributed by atoms with E-state index in [1.807, 2.05) is 0 Å². The molecule has 2 N–H and O–H groups in total. The molecule has 2 atom stereocenters. The van der Waals surface area contributed by atoms with Crippen LogP contribution in [0, 0.1) is 11.8 Å². The fourth-order valence-corrected chi connectivity index (χ4v) is 2.34. The molecule has 0 spiro atoms. The molecule has 3 nitrogen and oxygen atoms in total. The lowest BCUT2D eigenvalue weighted by Gasteiger charge is -2.31. The zero-order valence-corrected chi connectivity index (χ0v) is 8.02. The van der Waals surface area contributed by atoms with Crippen molar-refractivity contribution in [1.29, 1.82) is 0 Å². The zero-order valence-electron chi connectivity index (χ0n) is 8.02. The van der Waals surface area contributed by atoms with Crippen molar-refractivity contribution in [3.63, 3.8) is 0 Å². The van der Waals surface area contributed by atoms with Crippen molar-refractivity contribution in [2.75, 3.05) is 26.3 Å². The minimum absolute atomic E-state index is 0.349. The van der Waals surface area contributed by atoms with E-state index in [2.05, 4.69) is 4.90 Å². The van der Waals surface area contributed by atoms with Gasteiger partial charge in [0.25, 0.3) is 0 Å². The molecule has 0 bridgehead atoms. The normalized spacial score (nSPS) is 36.5. The quantitative estimate of drug-likeness (QED) is 0.654. The summed E-state index contributed by atoms with van der Waals surface area (Å²) >= 11 is 0. The Bertz CT molecular complexity index is 166. The SMILES string of the molecule is OCC1CCN(C2CC2CO)CC1. The maximum absolute atomic E-state index is 8.97. The molecule has 0 amide bonds. The zero-order chi connectivity index (χ0) is 9.26. The molecule has 2 rings (SSSR count). The second kappa shape index (κ2) is 3.95. The van der Waals surface area contributed by atoms with Gasteiger partial charge >= 0.3 is 0 Å². The molecule has 0 aromatic carbocycles. The summed E-state index contributed by atoms with van der Waals surface area (Å²) in [5.74, 6) is 1.08. The molecule has 76 valence electrons. The van der Waals surface area contributed by atoms with Crippen LogP contribution in [0.15, 0.2) is 0 Å². The first kappa shape index (κ1) is 9.44. The Morgan fingerprint density at radius 1 is 1.08 bits per heavy atom. The molecule has 1 saturated heterocycles. The highest BCUT2D eigenvalue weighted by atomic mass is 16.3. The van der Waals surface area contributed by atoms with E-state index < -0.39 is 0 Å². The van der Waals surface area contributed by atoms with E-state index in [1.165, 1.54) is 6.42 Å². The molecule has 2 unspecified atom stereocenters. The van der Waals surface area contributed by atoms with Gasteiger partial charge in [0.05, 0.1) is 0 Å². The molecule has 1 aliphatic heterocycles. The van der Waals surface area contributed by atoms with E-state index in [1.54, 1.807) is 0 Å². The Morgan fingerprint density at radius 2 is 1.77 bits per heavy atom. The Hall–Kier alpha value is -0.120. The Balaban J connectivity index is 1.73. The van der Waals surface area contributed by atoms with Crippen LogP contribution in [-0.2, 0) is 0 Å². The predicted octanol–water partition coefficient (Wildman–Crippen LogP) is 0.0715. The molecule has 3 heteroatoms. The number of rotatable bonds is 3. The smallest absolute Gasteiger partial charge is 0.0474 e. The summed E-state index contributed by atoms with van der Waals surface area (Å²) in [5, 5.41) is 17.9. The van der Waals surface area contributed by atoms with Crippen LogP contribution in [0.4, 0.5) is 0 Å². The topological polar surface area (TPSA) is 43.7 Å². The summed E-state index contributed by atoms with van der Waals surface area (Å²) in [6, 6.07) is 0.657. The van der Waals surface area contributed by atoms with E-state index in [9.17, 15) is 0 Å². The van der Waals surface area contributed by atoms with Crippen LogP contribution in [0.5, 0.6) is 0 Å². The highest BCUT2D eigenvalue weighted by Gasteiger charge is 2.41. The third-order valence-corrected chi connectivity index (χ3v) is 3.50. The fraction of sp³-hybridized carbons (Fsp3) is 1.00. The van der Waals surface area contributed by atoms with Crippen molar-refractivity contribution < 1.29 is 10.2 Å². The first-order valence-electron chi connectivity index (χ1n) is 5.31. The maximum Gasteiger partial charge on any atom is 0.0474 e. The Labute approximate surface area is 79.4 Å².